The molecule has 140 valence electrons. The van der Waals surface area contributed by atoms with Crippen molar-refractivity contribution in [1.29, 1.82) is 0 Å². The monoisotopic (exact) mass is 368 g/mol. The van der Waals surface area contributed by atoms with Gasteiger partial charge in [-0.2, -0.15) is 0 Å². The predicted octanol–water partition coefficient (Wildman–Crippen LogP) is 3.01. The summed E-state index contributed by atoms with van der Waals surface area (Å²) in [4.78, 5) is 24.3. The minimum absolute atomic E-state index is 0.00701. The molecule has 7 nitrogen and oxygen atoms in total. The number of amides is 1. The maximum absolute atomic E-state index is 12.3. The maximum Gasteiger partial charge on any atom is 0.412 e. The fraction of sp³-hybridized carbons (Fsp3) is 0.200. The van der Waals surface area contributed by atoms with Crippen LogP contribution in [0.5, 0.6) is 0 Å². The van der Waals surface area contributed by atoms with Crippen LogP contribution in [-0.4, -0.2) is 28.7 Å². The van der Waals surface area contributed by atoms with Crippen LogP contribution in [0.4, 0.5) is 10.5 Å². The van der Waals surface area contributed by atoms with Crippen molar-refractivity contribution < 1.29 is 24.2 Å². The standard InChI is InChI=1S/C20H20N2O5/c1-12-16-8-15(22(2)19(16)17(24)9-18(12)26-3)11-27-20(25)21-14-6-4-13(10-23)5-7-14/h4-9,23H,1,10-11H2,2-3H3,(H,21,25). The van der Waals surface area contributed by atoms with E-state index in [1.54, 1.807) is 41.9 Å². The molecule has 1 aliphatic rings. The van der Waals surface area contributed by atoms with Crippen LogP contribution in [0.1, 0.15) is 27.3 Å². The zero-order valence-electron chi connectivity index (χ0n) is 15.1. The first-order valence-electron chi connectivity index (χ1n) is 8.26. The number of aromatic nitrogens is 1. The van der Waals surface area contributed by atoms with Gasteiger partial charge in [-0.1, -0.05) is 18.7 Å². The minimum atomic E-state index is -0.619. The number of rotatable bonds is 5. The summed E-state index contributed by atoms with van der Waals surface area (Å²) < 4.78 is 12.1. The number of benzene rings is 1. The van der Waals surface area contributed by atoms with Crippen molar-refractivity contribution in [2.75, 3.05) is 12.4 Å². The summed E-state index contributed by atoms with van der Waals surface area (Å²) >= 11 is 0. The van der Waals surface area contributed by atoms with Gasteiger partial charge in [-0.05, 0) is 23.8 Å². The zero-order chi connectivity index (χ0) is 19.6. The number of nitrogens with one attached hydrogen (secondary N) is 1. The minimum Gasteiger partial charge on any atom is -0.496 e. The molecule has 1 aromatic heterocycles. The summed E-state index contributed by atoms with van der Waals surface area (Å²) in [6.07, 6.45) is 0.782. The van der Waals surface area contributed by atoms with Gasteiger partial charge in [0.15, 0.2) is 0 Å². The summed E-state index contributed by atoms with van der Waals surface area (Å²) in [6, 6.07) is 8.53. The van der Waals surface area contributed by atoms with Crippen molar-refractivity contribution in [3.63, 3.8) is 0 Å². The topological polar surface area (TPSA) is 89.8 Å². The van der Waals surface area contributed by atoms with E-state index in [2.05, 4.69) is 11.9 Å². The van der Waals surface area contributed by atoms with Crippen LogP contribution in [-0.2, 0) is 29.7 Å². The number of aliphatic hydroxyl groups is 1. The highest BCUT2D eigenvalue weighted by Crippen LogP contribution is 2.32. The predicted molar refractivity (Wildman–Crippen MR) is 100 cm³/mol. The molecule has 0 saturated heterocycles. The van der Waals surface area contributed by atoms with Gasteiger partial charge in [0, 0.05) is 29.9 Å². The molecule has 0 unspecified atom stereocenters. The molecular weight excluding hydrogens is 348 g/mol. The number of allylic oxidation sites excluding steroid dienone is 2. The van der Waals surface area contributed by atoms with Gasteiger partial charge in [0.05, 0.1) is 25.1 Å². The van der Waals surface area contributed by atoms with Crippen molar-refractivity contribution in [1.82, 2.24) is 4.57 Å². The number of anilines is 1. The Morgan fingerprint density at radius 1 is 1.30 bits per heavy atom. The number of methoxy groups -OCH3 is 1. The van der Waals surface area contributed by atoms with Gasteiger partial charge in [-0.3, -0.25) is 10.1 Å². The van der Waals surface area contributed by atoms with Gasteiger partial charge in [0.1, 0.15) is 12.4 Å². The zero-order valence-corrected chi connectivity index (χ0v) is 15.1. The molecule has 2 aromatic rings. The molecule has 1 amide bonds. The van der Waals surface area contributed by atoms with Crippen LogP contribution in [0.25, 0.3) is 5.57 Å². The fourth-order valence-corrected chi connectivity index (χ4v) is 2.90. The van der Waals surface area contributed by atoms with Crippen molar-refractivity contribution in [3.8, 4) is 0 Å². The van der Waals surface area contributed by atoms with Crippen LogP contribution in [0.2, 0.25) is 0 Å². The summed E-state index contributed by atoms with van der Waals surface area (Å²) in [6.45, 7) is 3.90. The maximum atomic E-state index is 12.3. The highest BCUT2D eigenvalue weighted by molar-refractivity contribution is 6.12. The van der Waals surface area contributed by atoms with E-state index in [9.17, 15) is 9.59 Å². The smallest absolute Gasteiger partial charge is 0.412 e. The largest absolute Gasteiger partial charge is 0.496 e. The number of fused-ring (bicyclic) bond motifs is 1. The van der Waals surface area contributed by atoms with Gasteiger partial charge < -0.3 is 19.1 Å². The Bertz CT molecular complexity index is 938. The molecule has 0 spiro atoms. The van der Waals surface area contributed by atoms with Crippen LogP contribution in [0, 0.1) is 0 Å². The average molecular weight is 368 g/mol. The third-order valence-electron chi connectivity index (χ3n) is 4.40. The summed E-state index contributed by atoms with van der Waals surface area (Å²) in [7, 11) is 3.22. The number of nitrogens with zero attached hydrogens (tertiary/aromatic N) is 1. The number of aliphatic hydroxyl groups excluding tert-OH is 1. The van der Waals surface area contributed by atoms with E-state index in [1.807, 2.05) is 0 Å². The molecule has 0 bridgehead atoms. The van der Waals surface area contributed by atoms with E-state index in [0.29, 0.717) is 34.0 Å². The lowest BCUT2D eigenvalue weighted by molar-refractivity contribution is 0.103. The molecule has 0 atom stereocenters. The summed E-state index contributed by atoms with van der Waals surface area (Å²) in [5, 5.41) is 11.6. The van der Waals surface area contributed by atoms with Gasteiger partial charge >= 0.3 is 6.09 Å². The van der Waals surface area contributed by atoms with Gasteiger partial charge in [0.2, 0.25) is 5.78 Å². The number of hydrogen-bond acceptors (Lipinski definition) is 5. The second kappa shape index (κ2) is 7.51. The van der Waals surface area contributed by atoms with E-state index >= 15 is 0 Å². The number of carbonyl (C=O) groups excluding carboxylic acids is 2. The average Bonchev–Trinajstić information content (AvgIpc) is 3.01. The quantitative estimate of drug-likeness (QED) is 0.847. The number of hydrogen-bond donors (Lipinski definition) is 2. The van der Waals surface area contributed by atoms with Crippen molar-refractivity contribution >= 4 is 23.1 Å². The lowest BCUT2D eigenvalue weighted by Crippen LogP contribution is -2.16. The molecule has 0 fully saturated rings. The number of ether oxygens (including phenoxy) is 2. The molecule has 7 heteroatoms. The first-order valence-corrected chi connectivity index (χ1v) is 8.26. The molecule has 3 rings (SSSR count). The number of carbonyl (C=O) groups is 2. The second-order valence-corrected chi connectivity index (χ2v) is 6.07. The highest BCUT2D eigenvalue weighted by atomic mass is 16.5. The molecule has 0 aliphatic heterocycles. The van der Waals surface area contributed by atoms with Crippen LogP contribution in [0.3, 0.4) is 0 Å². The Hall–Kier alpha value is -3.32. The Balaban J connectivity index is 1.68. The van der Waals surface area contributed by atoms with E-state index in [-0.39, 0.29) is 19.0 Å². The van der Waals surface area contributed by atoms with Crippen LogP contribution < -0.4 is 5.32 Å². The lowest BCUT2D eigenvalue weighted by Gasteiger charge is -2.15. The Kier molecular flexibility index (Phi) is 5.14. The van der Waals surface area contributed by atoms with Crippen molar-refractivity contribution in [2.24, 2.45) is 7.05 Å². The van der Waals surface area contributed by atoms with E-state index in [0.717, 1.165) is 5.56 Å². The van der Waals surface area contributed by atoms with Gasteiger partial charge in [-0.15, -0.1) is 0 Å². The number of ketones is 1. The molecule has 1 aromatic carbocycles. The van der Waals surface area contributed by atoms with Gasteiger partial charge in [-0.25, -0.2) is 4.79 Å². The molecule has 0 saturated carbocycles. The molecular formula is C20H20N2O5. The van der Waals surface area contributed by atoms with Crippen molar-refractivity contribution in [3.05, 3.63) is 71.3 Å². The Morgan fingerprint density at radius 2 is 2.00 bits per heavy atom. The normalized spacial score (nSPS) is 13.1. The Morgan fingerprint density at radius 3 is 2.63 bits per heavy atom. The second-order valence-electron chi connectivity index (χ2n) is 6.07. The van der Waals surface area contributed by atoms with E-state index < -0.39 is 6.09 Å². The lowest BCUT2D eigenvalue weighted by atomic mass is 9.97. The molecule has 2 N–H and O–H groups in total. The van der Waals surface area contributed by atoms with Crippen LogP contribution in [0.15, 0.2) is 48.7 Å². The molecule has 1 heterocycles. The molecule has 1 aliphatic carbocycles. The SMILES string of the molecule is C=C1C(OC)=CC(=O)c2c1cc(COC(=O)Nc1ccc(CO)cc1)n2C. The first kappa shape index (κ1) is 18.5. The summed E-state index contributed by atoms with van der Waals surface area (Å²) in [5.74, 6) is 0.242. The van der Waals surface area contributed by atoms with E-state index in [1.165, 1.54) is 13.2 Å². The van der Waals surface area contributed by atoms with E-state index in [4.69, 9.17) is 14.6 Å². The highest BCUT2D eigenvalue weighted by Gasteiger charge is 2.27. The summed E-state index contributed by atoms with van der Waals surface area (Å²) in [5.41, 5.74) is 3.73. The third-order valence-corrected chi connectivity index (χ3v) is 4.40. The Labute approximate surface area is 156 Å². The molecule has 27 heavy (non-hydrogen) atoms. The first-order chi connectivity index (χ1) is 12.9. The molecule has 0 radical (unpaired) electrons. The van der Waals surface area contributed by atoms with Gasteiger partial charge in [0.25, 0.3) is 0 Å². The van der Waals surface area contributed by atoms with Crippen LogP contribution >= 0.6 is 0 Å². The third kappa shape index (κ3) is 3.63. The van der Waals surface area contributed by atoms with Crippen molar-refractivity contribution in [2.45, 2.75) is 13.2 Å². The fourth-order valence-electron chi connectivity index (χ4n) is 2.90.